The molecule has 0 saturated carbocycles. The van der Waals surface area contributed by atoms with E-state index in [9.17, 15) is 9.59 Å². The number of amides is 1. The van der Waals surface area contributed by atoms with Gasteiger partial charge in [-0.25, -0.2) is 4.79 Å². The first-order chi connectivity index (χ1) is 10.2. The van der Waals surface area contributed by atoms with Crippen LogP contribution < -0.4 is 0 Å². The molecule has 6 heteroatoms. The lowest BCUT2D eigenvalue weighted by Crippen LogP contribution is -2.42. The van der Waals surface area contributed by atoms with Crippen LogP contribution in [0.5, 0.6) is 0 Å². The molecule has 1 aliphatic rings. The largest absolute Gasteiger partial charge is 0.451 e. The van der Waals surface area contributed by atoms with Gasteiger partial charge in [0.05, 0.1) is 13.2 Å². The number of carbonyl (C=O) groups excluding carboxylic acids is 2. The van der Waals surface area contributed by atoms with Gasteiger partial charge < -0.3 is 19.4 Å². The molecular weight excluding hydrogens is 272 g/mol. The minimum absolute atomic E-state index is 0.192. The highest BCUT2D eigenvalue weighted by Gasteiger charge is 2.19. The molecule has 0 unspecified atom stereocenters. The predicted octanol–water partition coefficient (Wildman–Crippen LogP) is 1.18. The van der Waals surface area contributed by atoms with Gasteiger partial charge in [0.2, 0.25) is 0 Å². The molecule has 0 bridgehead atoms. The Hall–Kier alpha value is -2.34. The van der Waals surface area contributed by atoms with Crippen molar-refractivity contribution in [3.05, 3.63) is 36.0 Å². The molecular formula is C15H16N2O4. The van der Waals surface area contributed by atoms with Crippen molar-refractivity contribution in [2.45, 2.75) is 0 Å². The Morgan fingerprint density at radius 2 is 2.00 bits per heavy atom. The number of morpholine rings is 1. The van der Waals surface area contributed by atoms with Gasteiger partial charge in [0.1, 0.15) is 5.69 Å². The van der Waals surface area contributed by atoms with Crippen LogP contribution in [0.3, 0.4) is 0 Å². The van der Waals surface area contributed by atoms with Crippen LogP contribution in [0, 0.1) is 0 Å². The third-order valence-corrected chi connectivity index (χ3v) is 3.44. The van der Waals surface area contributed by atoms with Crippen molar-refractivity contribution in [2.24, 2.45) is 0 Å². The molecule has 2 heterocycles. The molecule has 0 atom stereocenters. The van der Waals surface area contributed by atoms with E-state index < -0.39 is 5.97 Å². The summed E-state index contributed by atoms with van der Waals surface area (Å²) in [5, 5.41) is 0.934. The Morgan fingerprint density at radius 1 is 1.24 bits per heavy atom. The first kappa shape index (κ1) is 13.6. The van der Waals surface area contributed by atoms with Crippen LogP contribution in [-0.2, 0) is 14.3 Å². The Bertz CT molecular complexity index is 625. The molecule has 110 valence electrons. The first-order valence-corrected chi connectivity index (χ1v) is 6.84. The average Bonchev–Trinajstić information content (AvgIpc) is 2.97. The molecule has 0 spiro atoms. The number of ether oxygens (including phenoxy) is 2. The number of aromatic amines is 1. The van der Waals surface area contributed by atoms with Crippen molar-refractivity contribution in [1.29, 1.82) is 0 Å². The van der Waals surface area contributed by atoms with Gasteiger partial charge in [0.25, 0.3) is 5.91 Å². The van der Waals surface area contributed by atoms with E-state index in [1.165, 1.54) is 0 Å². The molecule has 1 fully saturated rings. The molecule has 1 N–H and O–H groups in total. The topological polar surface area (TPSA) is 71.6 Å². The summed E-state index contributed by atoms with van der Waals surface area (Å²) in [6.45, 7) is 1.91. The molecule has 1 aromatic heterocycles. The zero-order valence-electron chi connectivity index (χ0n) is 11.5. The lowest BCUT2D eigenvalue weighted by Gasteiger charge is -2.26. The summed E-state index contributed by atoms with van der Waals surface area (Å²) in [6.07, 6.45) is 0. The zero-order valence-corrected chi connectivity index (χ0v) is 11.5. The number of H-pyrrole nitrogens is 1. The molecule has 1 aliphatic heterocycles. The van der Waals surface area contributed by atoms with Crippen molar-refractivity contribution < 1.29 is 19.1 Å². The van der Waals surface area contributed by atoms with Gasteiger partial charge in [0, 0.05) is 24.0 Å². The maximum absolute atomic E-state index is 12.0. The van der Waals surface area contributed by atoms with E-state index in [0.29, 0.717) is 32.0 Å². The van der Waals surface area contributed by atoms with Gasteiger partial charge >= 0.3 is 5.97 Å². The summed E-state index contributed by atoms with van der Waals surface area (Å²) in [4.78, 5) is 28.5. The standard InChI is InChI=1S/C15H16N2O4/c18-14(17-5-7-20-8-6-17)10-21-15(19)13-9-11-3-1-2-4-12(11)16-13/h1-4,9,16H,5-8,10H2. The number of hydrogen-bond donors (Lipinski definition) is 1. The van der Waals surface area contributed by atoms with Crippen LogP contribution in [0.15, 0.2) is 30.3 Å². The molecule has 0 aliphatic carbocycles. The average molecular weight is 288 g/mol. The fourth-order valence-electron chi connectivity index (χ4n) is 2.29. The van der Waals surface area contributed by atoms with E-state index >= 15 is 0 Å². The second kappa shape index (κ2) is 5.97. The number of esters is 1. The van der Waals surface area contributed by atoms with Crippen LogP contribution in [0.4, 0.5) is 0 Å². The molecule has 1 saturated heterocycles. The van der Waals surface area contributed by atoms with Crippen molar-refractivity contribution in [3.63, 3.8) is 0 Å². The summed E-state index contributed by atoms with van der Waals surface area (Å²) in [5.74, 6) is -0.712. The maximum Gasteiger partial charge on any atom is 0.355 e. The van der Waals surface area contributed by atoms with Gasteiger partial charge in [-0.05, 0) is 12.1 Å². The third-order valence-electron chi connectivity index (χ3n) is 3.44. The fourth-order valence-corrected chi connectivity index (χ4v) is 2.29. The highest BCUT2D eigenvalue weighted by atomic mass is 16.5. The second-order valence-electron chi connectivity index (χ2n) is 4.84. The lowest BCUT2D eigenvalue weighted by molar-refractivity contribution is -0.138. The van der Waals surface area contributed by atoms with Crippen LogP contribution in [0.1, 0.15) is 10.5 Å². The molecule has 0 radical (unpaired) electrons. The SMILES string of the molecule is O=C(OCC(=O)N1CCOCC1)c1cc2ccccc2[nH]1. The normalized spacial score (nSPS) is 15.1. The first-order valence-electron chi connectivity index (χ1n) is 6.84. The summed E-state index contributed by atoms with van der Waals surface area (Å²) in [5.41, 5.74) is 1.22. The van der Waals surface area contributed by atoms with Crippen molar-refractivity contribution >= 4 is 22.8 Å². The van der Waals surface area contributed by atoms with Gasteiger partial charge in [-0.2, -0.15) is 0 Å². The number of nitrogens with zero attached hydrogens (tertiary/aromatic N) is 1. The molecule has 6 nitrogen and oxygen atoms in total. The van der Waals surface area contributed by atoms with E-state index in [4.69, 9.17) is 9.47 Å². The van der Waals surface area contributed by atoms with E-state index in [1.807, 2.05) is 24.3 Å². The smallest absolute Gasteiger partial charge is 0.355 e. The van der Waals surface area contributed by atoms with Crippen molar-refractivity contribution in [2.75, 3.05) is 32.9 Å². The Balaban J connectivity index is 1.59. The summed E-state index contributed by atoms with van der Waals surface area (Å²) in [6, 6.07) is 9.28. The number of fused-ring (bicyclic) bond motifs is 1. The van der Waals surface area contributed by atoms with Crippen LogP contribution >= 0.6 is 0 Å². The highest BCUT2D eigenvalue weighted by Crippen LogP contribution is 2.15. The van der Waals surface area contributed by atoms with E-state index in [-0.39, 0.29) is 12.5 Å². The van der Waals surface area contributed by atoms with Crippen molar-refractivity contribution in [3.8, 4) is 0 Å². The number of hydrogen-bond acceptors (Lipinski definition) is 4. The fraction of sp³-hybridized carbons (Fsp3) is 0.333. The Labute approximate surface area is 121 Å². The number of rotatable bonds is 3. The van der Waals surface area contributed by atoms with Gasteiger partial charge in [0.15, 0.2) is 6.61 Å². The molecule has 3 rings (SSSR count). The number of para-hydroxylation sites is 1. The van der Waals surface area contributed by atoms with Crippen LogP contribution in [-0.4, -0.2) is 54.7 Å². The van der Waals surface area contributed by atoms with E-state index in [1.54, 1.807) is 11.0 Å². The monoisotopic (exact) mass is 288 g/mol. The minimum atomic E-state index is -0.521. The van der Waals surface area contributed by atoms with Crippen LogP contribution in [0.25, 0.3) is 10.9 Å². The van der Waals surface area contributed by atoms with E-state index in [2.05, 4.69) is 4.98 Å². The number of benzene rings is 1. The number of aromatic nitrogens is 1. The predicted molar refractivity (Wildman–Crippen MR) is 76.0 cm³/mol. The summed E-state index contributed by atoms with van der Waals surface area (Å²) in [7, 11) is 0. The Morgan fingerprint density at radius 3 is 2.76 bits per heavy atom. The molecule has 2 aromatic rings. The highest BCUT2D eigenvalue weighted by molar-refractivity contribution is 5.95. The summed E-state index contributed by atoms with van der Waals surface area (Å²) < 4.78 is 10.2. The van der Waals surface area contributed by atoms with E-state index in [0.717, 1.165) is 10.9 Å². The van der Waals surface area contributed by atoms with Gasteiger partial charge in [-0.3, -0.25) is 4.79 Å². The van der Waals surface area contributed by atoms with Crippen molar-refractivity contribution in [1.82, 2.24) is 9.88 Å². The molecule has 1 aromatic carbocycles. The lowest BCUT2D eigenvalue weighted by atomic mass is 10.2. The third kappa shape index (κ3) is 3.05. The number of carbonyl (C=O) groups is 2. The molecule has 1 amide bonds. The summed E-state index contributed by atoms with van der Waals surface area (Å²) >= 11 is 0. The van der Waals surface area contributed by atoms with Crippen LogP contribution in [0.2, 0.25) is 0 Å². The molecule has 21 heavy (non-hydrogen) atoms. The second-order valence-corrected chi connectivity index (χ2v) is 4.84. The quantitative estimate of drug-likeness (QED) is 0.861. The maximum atomic E-state index is 12.0. The van der Waals surface area contributed by atoms with Gasteiger partial charge in [-0.1, -0.05) is 18.2 Å². The zero-order chi connectivity index (χ0) is 14.7. The van der Waals surface area contributed by atoms with Gasteiger partial charge in [-0.15, -0.1) is 0 Å². The number of nitrogens with one attached hydrogen (secondary N) is 1. The Kier molecular flexibility index (Phi) is 3.87. The minimum Gasteiger partial charge on any atom is -0.451 e.